The van der Waals surface area contributed by atoms with Crippen LogP contribution in [0, 0.1) is 0 Å². The van der Waals surface area contributed by atoms with Gasteiger partial charge < -0.3 is 9.84 Å². The first-order chi connectivity index (χ1) is 12.5. The van der Waals surface area contributed by atoms with Crippen molar-refractivity contribution in [3.63, 3.8) is 0 Å². The van der Waals surface area contributed by atoms with Crippen LogP contribution in [0.5, 0.6) is 5.75 Å². The van der Waals surface area contributed by atoms with Gasteiger partial charge >= 0.3 is 5.97 Å². The number of carboxylic acid groups (broad SMARTS) is 1. The van der Waals surface area contributed by atoms with E-state index in [4.69, 9.17) is 27.9 Å². The van der Waals surface area contributed by atoms with Gasteiger partial charge in [-0.05, 0) is 53.6 Å². The molecule has 1 aromatic heterocycles. The smallest absolute Gasteiger partial charge is 0.307 e. The fourth-order valence-corrected chi connectivity index (χ4v) is 5.01. The summed E-state index contributed by atoms with van der Waals surface area (Å²) in [5.41, 5.74) is 1.62. The third kappa shape index (κ3) is 4.54. The summed E-state index contributed by atoms with van der Waals surface area (Å²) in [7, 11) is 1.63. The van der Waals surface area contributed by atoms with E-state index in [1.165, 1.54) is 0 Å². The Morgan fingerprint density at radius 3 is 2.46 bits per heavy atom. The molecular weight excluding hydrogens is 411 g/mol. The molecule has 3 rings (SSSR count). The molecule has 0 saturated carbocycles. The first-order valence-electron chi connectivity index (χ1n) is 7.58. The standard InChI is InChI=1S/C19H14Cl2O3S2/c1-24-13-3-5-14(6-4-13)25-18-10-12(9-17(22)23)19(26-18)11-2-7-15(20)16(21)8-11/h2-8,10H,9H2,1H3,(H,22,23). The van der Waals surface area contributed by atoms with Crippen LogP contribution in [-0.2, 0) is 11.2 Å². The highest BCUT2D eigenvalue weighted by Crippen LogP contribution is 2.42. The van der Waals surface area contributed by atoms with E-state index in [1.54, 1.807) is 42.3 Å². The van der Waals surface area contributed by atoms with Crippen LogP contribution in [0.3, 0.4) is 0 Å². The highest BCUT2D eigenvalue weighted by atomic mass is 35.5. The molecule has 1 N–H and O–H groups in total. The number of aliphatic carboxylic acids is 1. The van der Waals surface area contributed by atoms with Gasteiger partial charge in [-0.1, -0.05) is 41.0 Å². The number of ether oxygens (including phenoxy) is 1. The summed E-state index contributed by atoms with van der Waals surface area (Å²) in [6.07, 6.45) is -0.0464. The van der Waals surface area contributed by atoms with Crippen molar-refractivity contribution >= 4 is 52.3 Å². The maximum Gasteiger partial charge on any atom is 0.307 e. The molecule has 0 aliphatic heterocycles. The molecule has 0 fully saturated rings. The molecule has 0 bridgehead atoms. The molecule has 0 amide bonds. The highest BCUT2D eigenvalue weighted by molar-refractivity contribution is 8.01. The van der Waals surface area contributed by atoms with Gasteiger partial charge in [-0.2, -0.15) is 0 Å². The van der Waals surface area contributed by atoms with Crippen LogP contribution >= 0.6 is 46.3 Å². The number of halogens is 2. The van der Waals surface area contributed by atoms with Gasteiger partial charge in [0.15, 0.2) is 0 Å². The van der Waals surface area contributed by atoms with Gasteiger partial charge in [-0.3, -0.25) is 4.79 Å². The van der Waals surface area contributed by atoms with E-state index in [0.29, 0.717) is 10.0 Å². The minimum atomic E-state index is -0.870. The van der Waals surface area contributed by atoms with Crippen LogP contribution in [-0.4, -0.2) is 18.2 Å². The zero-order valence-corrected chi connectivity index (χ0v) is 16.8. The SMILES string of the molecule is COc1ccc(Sc2cc(CC(=O)O)c(-c3ccc(Cl)c(Cl)c3)s2)cc1. The molecule has 0 aliphatic rings. The van der Waals surface area contributed by atoms with Gasteiger partial charge in [0, 0.05) is 9.77 Å². The Kier molecular flexibility index (Phi) is 6.14. The summed E-state index contributed by atoms with van der Waals surface area (Å²) in [5, 5.41) is 10.1. The van der Waals surface area contributed by atoms with Crippen molar-refractivity contribution in [3.8, 4) is 16.2 Å². The highest BCUT2D eigenvalue weighted by Gasteiger charge is 2.15. The number of benzene rings is 2. The fourth-order valence-electron chi connectivity index (χ4n) is 2.39. The van der Waals surface area contributed by atoms with Gasteiger partial charge in [-0.25, -0.2) is 0 Å². The second-order valence-electron chi connectivity index (χ2n) is 5.40. The van der Waals surface area contributed by atoms with Crippen LogP contribution in [0.25, 0.3) is 10.4 Å². The maximum atomic E-state index is 11.2. The molecule has 0 aliphatic carbocycles. The molecule has 0 atom stereocenters. The van der Waals surface area contributed by atoms with E-state index >= 15 is 0 Å². The predicted molar refractivity (Wildman–Crippen MR) is 108 cm³/mol. The summed E-state index contributed by atoms with van der Waals surface area (Å²) in [5.74, 6) is -0.0753. The van der Waals surface area contributed by atoms with E-state index in [0.717, 1.165) is 30.9 Å². The van der Waals surface area contributed by atoms with Crippen LogP contribution < -0.4 is 4.74 Å². The quantitative estimate of drug-likeness (QED) is 0.489. The molecule has 0 radical (unpaired) electrons. The van der Waals surface area contributed by atoms with E-state index in [1.807, 2.05) is 36.4 Å². The fraction of sp³-hybridized carbons (Fsp3) is 0.105. The van der Waals surface area contributed by atoms with Gasteiger partial charge in [0.25, 0.3) is 0 Å². The zero-order chi connectivity index (χ0) is 18.7. The lowest BCUT2D eigenvalue weighted by Crippen LogP contribution is -1.99. The second-order valence-corrected chi connectivity index (χ2v) is 8.64. The van der Waals surface area contributed by atoms with Crippen molar-refractivity contribution in [3.05, 3.63) is 64.1 Å². The van der Waals surface area contributed by atoms with E-state index in [2.05, 4.69) is 0 Å². The minimum absolute atomic E-state index is 0.0464. The lowest BCUT2D eigenvalue weighted by Gasteiger charge is -2.03. The van der Waals surface area contributed by atoms with E-state index in [-0.39, 0.29) is 6.42 Å². The zero-order valence-electron chi connectivity index (χ0n) is 13.7. The summed E-state index contributed by atoms with van der Waals surface area (Å²) in [6, 6.07) is 15.0. The molecule has 7 heteroatoms. The van der Waals surface area contributed by atoms with Crippen molar-refractivity contribution in [2.45, 2.75) is 15.5 Å². The Labute approximate surface area is 169 Å². The molecule has 26 heavy (non-hydrogen) atoms. The van der Waals surface area contributed by atoms with Crippen LogP contribution in [0.2, 0.25) is 10.0 Å². The monoisotopic (exact) mass is 424 g/mol. The van der Waals surface area contributed by atoms with Gasteiger partial charge in [0.1, 0.15) is 5.75 Å². The first kappa shape index (κ1) is 19.1. The molecule has 3 aromatic rings. The Morgan fingerprint density at radius 1 is 1.12 bits per heavy atom. The predicted octanol–water partition coefficient (Wildman–Crippen LogP) is 6.51. The lowest BCUT2D eigenvalue weighted by molar-refractivity contribution is -0.136. The Morgan fingerprint density at radius 2 is 1.85 bits per heavy atom. The average molecular weight is 425 g/mol. The largest absolute Gasteiger partial charge is 0.497 e. The summed E-state index contributed by atoms with van der Waals surface area (Å²) >= 11 is 15.2. The Bertz CT molecular complexity index is 936. The topological polar surface area (TPSA) is 46.5 Å². The Balaban J connectivity index is 1.95. The molecule has 134 valence electrons. The third-order valence-corrected chi connectivity index (χ3v) is 6.67. The van der Waals surface area contributed by atoms with Crippen LogP contribution in [0.1, 0.15) is 5.56 Å². The van der Waals surface area contributed by atoms with E-state index in [9.17, 15) is 9.90 Å². The molecular formula is C19H14Cl2O3S2. The second kappa shape index (κ2) is 8.35. The summed E-state index contributed by atoms with van der Waals surface area (Å²) in [6.45, 7) is 0. The van der Waals surface area contributed by atoms with Crippen molar-refractivity contribution in [1.82, 2.24) is 0 Å². The molecule has 0 spiro atoms. The van der Waals surface area contributed by atoms with Crippen molar-refractivity contribution in [1.29, 1.82) is 0 Å². The minimum Gasteiger partial charge on any atom is -0.497 e. The normalized spacial score (nSPS) is 10.7. The van der Waals surface area contributed by atoms with E-state index < -0.39 is 5.97 Å². The lowest BCUT2D eigenvalue weighted by atomic mass is 10.1. The third-order valence-electron chi connectivity index (χ3n) is 3.59. The summed E-state index contributed by atoms with van der Waals surface area (Å²) < 4.78 is 6.18. The van der Waals surface area contributed by atoms with Crippen molar-refractivity contribution in [2.75, 3.05) is 7.11 Å². The average Bonchev–Trinajstić information content (AvgIpc) is 2.99. The molecule has 2 aromatic carbocycles. The van der Waals surface area contributed by atoms with Gasteiger partial charge in [0.05, 0.1) is 27.8 Å². The van der Waals surface area contributed by atoms with Crippen molar-refractivity contribution in [2.24, 2.45) is 0 Å². The Hall–Kier alpha value is -1.66. The number of rotatable bonds is 6. The first-order valence-corrected chi connectivity index (χ1v) is 9.97. The van der Waals surface area contributed by atoms with Gasteiger partial charge in [-0.15, -0.1) is 11.3 Å². The van der Waals surface area contributed by atoms with Crippen LogP contribution in [0.15, 0.2) is 57.6 Å². The van der Waals surface area contributed by atoms with Gasteiger partial charge in [0.2, 0.25) is 0 Å². The number of hydrogen-bond acceptors (Lipinski definition) is 4. The van der Waals surface area contributed by atoms with Crippen LogP contribution in [0.4, 0.5) is 0 Å². The van der Waals surface area contributed by atoms with Crippen molar-refractivity contribution < 1.29 is 14.6 Å². The number of methoxy groups -OCH3 is 1. The molecule has 3 nitrogen and oxygen atoms in total. The molecule has 0 saturated heterocycles. The summed E-state index contributed by atoms with van der Waals surface area (Å²) in [4.78, 5) is 13.2. The maximum absolute atomic E-state index is 11.2. The number of carboxylic acids is 1. The number of thiophene rings is 1. The molecule has 0 unspecified atom stereocenters. The number of carbonyl (C=O) groups is 1. The molecule has 1 heterocycles. The number of hydrogen-bond donors (Lipinski definition) is 1.